The van der Waals surface area contributed by atoms with Crippen LogP contribution in [0.3, 0.4) is 0 Å². The third-order valence-corrected chi connectivity index (χ3v) is 4.96. The van der Waals surface area contributed by atoms with Gasteiger partial charge in [0.05, 0.1) is 12.7 Å². The molecule has 7 heteroatoms. The van der Waals surface area contributed by atoms with Crippen molar-refractivity contribution in [2.75, 3.05) is 33.4 Å². The number of hydrogen-bond acceptors (Lipinski definition) is 5. The zero-order valence-electron chi connectivity index (χ0n) is 16.3. The van der Waals surface area contributed by atoms with Crippen LogP contribution in [0.1, 0.15) is 44.1 Å². The first-order chi connectivity index (χ1) is 13.3. The molecular formula is C20H32N4O3. The predicted molar refractivity (Wildman–Crippen MR) is 105 cm³/mol. The summed E-state index contributed by atoms with van der Waals surface area (Å²) in [5, 5.41) is 6.67. The lowest BCUT2D eigenvalue weighted by atomic mass is 10.2. The van der Waals surface area contributed by atoms with Crippen molar-refractivity contribution in [3.05, 3.63) is 23.9 Å². The maximum absolute atomic E-state index is 6.10. The Balaban J connectivity index is 1.37. The van der Waals surface area contributed by atoms with Crippen molar-refractivity contribution < 1.29 is 14.2 Å². The van der Waals surface area contributed by atoms with E-state index in [9.17, 15) is 0 Å². The van der Waals surface area contributed by atoms with Crippen LogP contribution >= 0.6 is 0 Å². The molecule has 0 aromatic carbocycles. The monoisotopic (exact) mass is 376 g/mol. The highest BCUT2D eigenvalue weighted by atomic mass is 16.5. The summed E-state index contributed by atoms with van der Waals surface area (Å²) in [5.41, 5.74) is 1.05. The highest BCUT2D eigenvalue weighted by molar-refractivity contribution is 5.79. The van der Waals surface area contributed by atoms with Crippen LogP contribution < -0.4 is 15.4 Å². The van der Waals surface area contributed by atoms with E-state index < -0.39 is 0 Å². The van der Waals surface area contributed by atoms with Gasteiger partial charge in [0.15, 0.2) is 5.96 Å². The summed E-state index contributed by atoms with van der Waals surface area (Å²) in [4.78, 5) is 8.70. The zero-order valence-corrected chi connectivity index (χ0v) is 16.3. The van der Waals surface area contributed by atoms with Crippen LogP contribution in [0.25, 0.3) is 0 Å². The quantitative estimate of drug-likeness (QED) is 0.391. The van der Waals surface area contributed by atoms with Crippen LogP contribution in [-0.4, -0.2) is 56.6 Å². The van der Waals surface area contributed by atoms with Crippen LogP contribution in [0.5, 0.6) is 5.88 Å². The van der Waals surface area contributed by atoms with Crippen LogP contribution in [0, 0.1) is 0 Å². The molecule has 2 N–H and O–H groups in total. The summed E-state index contributed by atoms with van der Waals surface area (Å²) >= 11 is 0. The highest BCUT2D eigenvalue weighted by Crippen LogP contribution is 2.24. The highest BCUT2D eigenvalue weighted by Gasteiger charge is 2.18. The maximum Gasteiger partial charge on any atom is 0.218 e. The Morgan fingerprint density at radius 2 is 2.15 bits per heavy atom. The number of pyridine rings is 1. The predicted octanol–water partition coefficient (Wildman–Crippen LogP) is 2.26. The van der Waals surface area contributed by atoms with Crippen molar-refractivity contribution >= 4 is 5.96 Å². The molecule has 1 saturated carbocycles. The Kier molecular flexibility index (Phi) is 8.17. The van der Waals surface area contributed by atoms with Crippen molar-refractivity contribution in [2.24, 2.45) is 4.99 Å². The lowest BCUT2D eigenvalue weighted by molar-refractivity contribution is 0.0420. The molecule has 2 aliphatic rings. The average molecular weight is 377 g/mol. The summed E-state index contributed by atoms with van der Waals surface area (Å²) in [6.07, 6.45) is 9.05. The van der Waals surface area contributed by atoms with Crippen molar-refractivity contribution in [2.45, 2.75) is 57.3 Å². The van der Waals surface area contributed by atoms with Gasteiger partial charge in [0, 0.05) is 45.1 Å². The third kappa shape index (κ3) is 6.66. The molecule has 2 fully saturated rings. The molecule has 7 nitrogen and oxygen atoms in total. The van der Waals surface area contributed by atoms with Gasteiger partial charge in [-0.05, 0) is 44.6 Å². The standard InChI is InChI=1S/C20H32N4O3/c1-21-20(23-11-5-12-26-18-9-13-25-15-18)24-14-16-6-4-10-22-19(16)27-17-7-2-3-8-17/h4,6,10,17-18H,2-3,5,7-9,11-15H2,1H3,(H2,21,23,24). The van der Waals surface area contributed by atoms with E-state index in [0.717, 1.165) is 69.5 Å². The largest absolute Gasteiger partial charge is 0.474 e. The van der Waals surface area contributed by atoms with E-state index in [0.29, 0.717) is 12.6 Å². The minimum Gasteiger partial charge on any atom is -0.474 e. The number of rotatable bonds is 9. The number of aliphatic imine (C=N–C) groups is 1. The maximum atomic E-state index is 6.10. The molecule has 1 aromatic heterocycles. The smallest absolute Gasteiger partial charge is 0.218 e. The van der Waals surface area contributed by atoms with Crippen molar-refractivity contribution in [3.63, 3.8) is 0 Å². The van der Waals surface area contributed by atoms with Gasteiger partial charge in [-0.2, -0.15) is 0 Å². The molecule has 0 radical (unpaired) electrons. The summed E-state index contributed by atoms with van der Waals surface area (Å²) in [6.45, 7) is 3.73. The van der Waals surface area contributed by atoms with Crippen molar-refractivity contribution in [3.8, 4) is 5.88 Å². The second-order valence-corrected chi connectivity index (χ2v) is 7.05. The molecule has 0 bridgehead atoms. The molecule has 3 rings (SSSR count). The van der Waals surface area contributed by atoms with Crippen LogP contribution in [0.2, 0.25) is 0 Å². The van der Waals surface area contributed by atoms with E-state index in [2.05, 4.69) is 26.7 Å². The number of ether oxygens (including phenoxy) is 3. The minimum absolute atomic E-state index is 0.270. The average Bonchev–Trinajstić information content (AvgIpc) is 3.39. The van der Waals surface area contributed by atoms with E-state index in [1.165, 1.54) is 12.8 Å². The molecule has 1 saturated heterocycles. The first-order valence-corrected chi connectivity index (χ1v) is 10.1. The van der Waals surface area contributed by atoms with Crippen LogP contribution in [0.15, 0.2) is 23.3 Å². The second-order valence-electron chi connectivity index (χ2n) is 7.05. The number of guanidine groups is 1. The molecule has 0 amide bonds. The fourth-order valence-electron chi connectivity index (χ4n) is 3.40. The molecule has 1 atom stereocenters. The van der Waals surface area contributed by atoms with Gasteiger partial charge in [0.1, 0.15) is 6.10 Å². The Hall–Kier alpha value is -1.86. The first kappa shape index (κ1) is 19.9. The molecular weight excluding hydrogens is 344 g/mol. The van der Waals surface area contributed by atoms with Crippen molar-refractivity contribution in [1.29, 1.82) is 0 Å². The summed E-state index contributed by atoms with van der Waals surface area (Å²) < 4.78 is 17.2. The Labute approximate surface area is 161 Å². The Morgan fingerprint density at radius 3 is 2.93 bits per heavy atom. The molecule has 1 aromatic rings. The first-order valence-electron chi connectivity index (χ1n) is 10.1. The fourth-order valence-corrected chi connectivity index (χ4v) is 3.40. The van der Waals surface area contributed by atoms with Crippen LogP contribution in [0.4, 0.5) is 0 Å². The fraction of sp³-hybridized carbons (Fsp3) is 0.700. The minimum atomic E-state index is 0.270. The van der Waals surface area contributed by atoms with E-state index in [4.69, 9.17) is 14.2 Å². The van der Waals surface area contributed by atoms with Gasteiger partial charge in [0.2, 0.25) is 5.88 Å². The second kappa shape index (κ2) is 11.1. The van der Waals surface area contributed by atoms with E-state index in [1.807, 2.05) is 6.07 Å². The SMILES string of the molecule is CN=C(NCCCOC1CCOC1)NCc1cccnc1OC1CCCC1. The molecule has 0 spiro atoms. The molecule has 150 valence electrons. The molecule has 1 aliphatic heterocycles. The third-order valence-electron chi connectivity index (χ3n) is 4.96. The lowest BCUT2D eigenvalue weighted by Gasteiger charge is -2.17. The van der Waals surface area contributed by atoms with Crippen LogP contribution in [-0.2, 0) is 16.0 Å². The normalized spacial score (nSPS) is 20.8. The summed E-state index contributed by atoms with van der Waals surface area (Å²) in [6, 6.07) is 3.99. The lowest BCUT2D eigenvalue weighted by Crippen LogP contribution is -2.37. The molecule has 2 heterocycles. The van der Waals surface area contributed by atoms with Gasteiger partial charge in [-0.3, -0.25) is 4.99 Å². The topological polar surface area (TPSA) is 77.0 Å². The van der Waals surface area contributed by atoms with Gasteiger partial charge in [-0.1, -0.05) is 6.07 Å². The van der Waals surface area contributed by atoms with Crippen molar-refractivity contribution in [1.82, 2.24) is 15.6 Å². The zero-order chi connectivity index (χ0) is 18.7. The number of nitrogens with zero attached hydrogens (tertiary/aromatic N) is 2. The van der Waals surface area contributed by atoms with Gasteiger partial charge in [-0.25, -0.2) is 4.98 Å². The summed E-state index contributed by atoms with van der Waals surface area (Å²) in [7, 11) is 1.78. The summed E-state index contributed by atoms with van der Waals surface area (Å²) in [5.74, 6) is 1.51. The van der Waals surface area contributed by atoms with E-state index >= 15 is 0 Å². The Morgan fingerprint density at radius 1 is 1.26 bits per heavy atom. The molecule has 1 unspecified atom stereocenters. The van der Waals surface area contributed by atoms with E-state index in [1.54, 1.807) is 13.2 Å². The van der Waals surface area contributed by atoms with Gasteiger partial charge in [0.25, 0.3) is 0 Å². The molecule has 27 heavy (non-hydrogen) atoms. The number of aromatic nitrogens is 1. The Bertz CT molecular complexity index is 584. The van der Waals surface area contributed by atoms with E-state index in [-0.39, 0.29) is 6.10 Å². The number of nitrogens with one attached hydrogen (secondary N) is 2. The molecule has 1 aliphatic carbocycles. The van der Waals surface area contributed by atoms with Gasteiger partial charge < -0.3 is 24.8 Å². The van der Waals surface area contributed by atoms with Gasteiger partial charge >= 0.3 is 0 Å². The number of hydrogen-bond donors (Lipinski definition) is 2. The van der Waals surface area contributed by atoms with Gasteiger partial charge in [-0.15, -0.1) is 0 Å².